The summed E-state index contributed by atoms with van der Waals surface area (Å²) < 4.78 is 0. The van der Waals surface area contributed by atoms with Crippen LogP contribution in [-0.4, -0.2) is 10.1 Å². The highest BCUT2D eigenvalue weighted by Gasteiger charge is 2.21. The Morgan fingerprint density at radius 1 is 1.28 bits per heavy atom. The third kappa shape index (κ3) is 2.25. The molecule has 1 atom stereocenters. The van der Waals surface area contributed by atoms with Crippen molar-refractivity contribution in [2.24, 2.45) is 5.92 Å². The first-order valence-electron chi connectivity index (χ1n) is 6.78. The van der Waals surface area contributed by atoms with E-state index in [2.05, 4.69) is 17.1 Å². The van der Waals surface area contributed by atoms with Crippen LogP contribution in [0.3, 0.4) is 0 Å². The fourth-order valence-corrected chi connectivity index (χ4v) is 2.63. The van der Waals surface area contributed by atoms with Crippen LogP contribution in [0.25, 0.3) is 10.9 Å². The number of fused-ring (bicyclic) bond motifs is 1. The van der Waals surface area contributed by atoms with E-state index >= 15 is 0 Å². The van der Waals surface area contributed by atoms with Crippen LogP contribution in [-0.2, 0) is 0 Å². The lowest BCUT2D eigenvalue weighted by Gasteiger charge is -2.27. The third-order valence-corrected chi connectivity index (χ3v) is 4.02. The molecule has 3 rings (SSSR count). The Bertz CT molecular complexity index is 560. The number of pyridine rings is 1. The number of hydrogen-bond acceptors (Lipinski definition) is 2. The molecule has 94 valence electrons. The minimum absolute atomic E-state index is 0.319. The number of aliphatic hydroxyl groups is 1. The van der Waals surface area contributed by atoms with Crippen LogP contribution >= 0.6 is 0 Å². The maximum absolute atomic E-state index is 10.2. The van der Waals surface area contributed by atoms with Gasteiger partial charge in [-0.05, 0) is 43.0 Å². The summed E-state index contributed by atoms with van der Waals surface area (Å²) in [6.45, 7) is 2.00. The van der Waals surface area contributed by atoms with Gasteiger partial charge in [0.2, 0.25) is 0 Å². The van der Waals surface area contributed by atoms with E-state index in [-0.39, 0.29) is 6.10 Å². The first-order valence-corrected chi connectivity index (χ1v) is 6.78. The summed E-state index contributed by atoms with van der Waals surface area (Å²) in [6.07, 6.45) is 4.49. The van der Waals surface area contributed by atoms with Crippen molar-refractivity contribution in [2.45, 2.75) is 38.7 Å². The fraction of sp³-hybridized carbons (Fsp3) is 0.438. The summed E-state index contributed by atoms with van der Waals surface area (Å²) in [5.41, 5.74) is 3.07. The predicted octanol–water partition coefficient (Wildman–Crippen LogP) is 3.77. The Kier molecular flexibility index (Phi) is 3.04. The van der Waals surface area contributed by atoms with Gasteiger partial charge in [0.15, 0.2) is 0 Å². The molecule has 0 bridgehead atoms. The van der Waals surface area contributed by atoms with Gasteiger partial charge in [0.1, 0.15) is 0 Å². The summed E-state index contributed by atoms with van der Waals surface area (Å²) in [7, 11) is 0. The summed E-state index contributed by atoms with van der Waals surface area (Å²) in [5.74, 6) is 0.729. The molecule has 2 aromatic rings. The van der Waals surface area contributed by atoms with E-state index in [0.717, 1.165) is 34.5 Å². The smallest absolute Gasteiger partial charge is 0.0792 e. The highest BCUT2D eigenvalue weighted by molar-refractivity contribution is 5.79. The molecule has 18 heavy (non-hydrogen) atoms. The molecular formula is C16H19NO. The van der Waals surface area contributed by atoms with Gasteiger partial charge >= 0.3 is 0 Å². The summed E-state index contributed by atoms with van der Waals surface area (Å²) in [5, 5.41) is 11.4. The number of nitrogens with zero attached hydrogens (tertiary/aromatic N) is 1. The van der Waals surface area contributed by atoms with Crippen molar-refractivity contribution in [2.75, 3.05) is 0 Å². The second kappa shape index (κ2) is 4.69. The van der Waals surface area contributed by atoms with Crippen LogP contribution in [0.5, 0.6) is 0 Å². The van der Waals surface area contributed by atoms with Crippen molar-refractivity contribution in [3.05, 3.63) is 41.6 Å². The Morgan fingerprint density at radius 3 is 2.83 bits per heavy atom. The zero-order valence-electron chi connectivity index (χ0n) is 10.8. The van der Waals surface area contributed by atoms with E-state index in [1.54, 1.807) is 0 Å². The van der Waals surface area contributed by atoms with Crippen molar-refractivity contribution in [1.82, 2.24) is 4.98 Å². The SMILES string of the molecule is Cc1ccc2cc(C(O)CC3CCC3)ccc2n1. The molecule has 1 unspecified atom stereocenters. The standard InChI is InChI=1S/C16H19NO/c1-11-5-6-13-10-14(7-8-15(13)17-11)16(18)9-12-3-2-4-12/h5-8,10,12,16,18H,2-4,9H2,1H3. The zero-order chi connectivity index (χ0) is 12.5. The number of benzene rings is 1. The molecule has 0 radical (unpaired) electrons. The van der Waals surface area contributed by atoms with E-state index in [1.807, 2.05) is 25.1 Å². The van der Waals surface area contributed by atoms with Gasteiger partial charge in [-0.15, -0.1) is 0 Å². The average molecular weight is 241 g/mol. The van der Waals surface area contributed by atoms with Crippen LogP contribution in [0.15, 0.2) is 30.3 Å². The average Bonchev–Trinajstić information content (AvgIpc) is 2.33. The number of hydrogen-bond donors (Lipinski definition) is 1. The quantitative estimate of drug-likeness (QED) is 0.887. The number of aromatic nitrogens is 1. The normalized spacial score (nSPS) is 17.7. The van der Waals surface area contributed by atoms with Gasteiger partial charge in [-0.1, -0.05) is 31.4 Å². The minimum Gasteiger partial charge on any atom is -0.388 e. The minimum atomic E-state index is -0.319. The van der Waals surface area contributed by atoms with Crippen molar-refractivity contribution < 1.29 is 5.11 Å². The highest BCUT2D eigenvalue weighted by Crippen LogP contribution is 2.35. The van der Waals surface area contributed by atoms with Crippen LogP contribution in [0.1, 0.15) is 43.0 Å². The lowest BCUT2D eigenvalue weighted by molar-refractivity contribution is 0.118. The Hall–Kier alpha value is -1.41. The third-order valence-electron chi connectivity index (χ3n) is 4.02. The molecule has 0 spiro atoms. The number of rotatable bonds is 3. The van der Waals surface area contributed by atoms with Crippen LogP contribution in [0.2, 0.25) is 0 Å². The van der Waals surface area contributed by atoms with Crippen molar-refractivity contribution in [3.63, 3.8) is 0 Å². The number of aliphatic hydroxyl groups excluding tert-OH is 1. The fourth-order valence-electron chi connectivity index (χ4n) is 2.63. The van der Waals surface area contributed by atoms with Gasteiger partial charge in [0.05, 0.1) is 11.6 Å². The second-order valence-corrected chi connectivity index (χ2v) is 5.45. The topological polar surface area (TPSA) is 33.1 Å². The van der Waals surface area contributed by atoms with E-state index in [4.69, 9.17) is 0 Å². The molecule has 1 aromatic heterocycles. The first-order chi connectivity index (χ1) is 8.72. The molecule has 1 saturated carbocycles. The molecule has 0 saturated heterocycles. The molecular weight excluding hydrogens is 222 g/mol. The van der Waals surface area contributed by atoms with Crippen LogP contribution in [0.4, 0.5) is 0 Å². The molecule has 0 amide bonds. The van der Waals surface area contributed by atoms with Crippen molar-refractivity contribution in [3.8, 4) is 0 Å². The first kappa shape index (κ1) is 11.7. The van der Waals surface area contributed by atoms with E-state index in [0.29, 0.717) is 0 Å². The predicted molar refractivity (Wildman–Crippen MR) is 73.4 cm³/mol. The molecule has 1 N–H and O–H groups in total. The van der Waals surface area contributed by atoms with E-state index < -0.39 is 0 Å². The molecule has 2 nitrogen and oxygen atoms in total. The number of aryl methyl sites for hydroxylation is 1. The van der Waals surface area contributed by atoms with Gasteiger partial charge in [-0.3, -0.25) is 4.98 Å². The zero-order valence-corrected chi connectivity index (χ0v) is 10.8. The maximum Gasteiger partial charge on any atom is 0.0792 e. The molecule has 1 aliphatic carbocycles. The van der Waals surface area contributed by atoms with Crippen molar-refractivity contribution in [1.29, 1.82) is 0 Å². The monoisotopic (exact) mass is 241 g/mol. The molecule has 2 heteroatoms. The highest BCUT2D eigenvalue weighted by atomic mass is 16.3. The van der Waals surface area contributed by atoms with E-state index in [1.165, 1.54) is 19.3 Å². The molecule has 0 aliphatic heterocycles. The van der Waals surface area contributed by atoms with Crippen molar-refractivity contribution >= 4 is 10.9 Å². The Balaban J connectivity index is 1.85. The molecule has 1 aliphatic rings. The van der Waals surface area contributed by atoms with Gasteiger partial charge in [0, 0.05) is 11.1 Å². The van der Waals surface area contributed by atoms with Gasteiger partial charge in [-0.2, -0.15) is 0 Å². The summed E-state index contributed by atoms with van der Waals surface area (Å²) in [4.78, 5) is 4.48. The largest absolute Gasteiger partial charge is 0.388 e. The molecule has 1 aromatic carbocycles. The lowest BCUT2D eigenvalue weighted by atomic mass is 9.80. The Labute approximate surface area is 108 Å². The molecule has 1 heterocycles. The maximum atomic E-state index is 10.2. The van der Waals surface area contributed by atoms with Gasteiger partial charge in [0.25, 0.3) is 0 Å². The summed E-state index contributed by atoms with van der Waals surface area (Å²) in [6, 6.07) is 10.2. The summed E-state index contributed by atoms with van der Waals surface area (Å²) >= 11 is 0. The van der Waals surface area contributed by atoms with Crippen LogP contribution < -0.4 is 0 Å². The Morgan fingerprint density at radius 2 is 2.11 bits per heavy atom. The van der Waals surface area contributed by atoms with Gasteiger partial charge in [-0.25, -0.2) is 0 Å². The van der Waals surface area contributed by atoms with E-state index in [9.17, 15) is 5.11 Å². The molecule has 1 fully saturated rings. The van der Waals surface area contributed by atoms with Gasteiger partial charge < -0.3 is 5.11 Å². The lowest BCUT2D eigenvalue weighted by Crippen LogP contribution is -2.14. The van der Waals surface area contributed by atoms with Crippen LogP contribution in [0, 0.1) is 12.8 Å². The second-order valence-electron chi connectivity index (χ2n) is 5.45.